The lowest BCUT2D eigenvalue weighted by molar-refractivity contribution is -0.160. The summed E-state index contributed by atoms with van der Waals surface area (Å²) in [6.45, 7) is 13.3. The molecule has 0 radical (unpaired) electrons. The van der Waals surface area contributed by atoms with Gasteiger partial charge in [-0.25, -0.2) is 9.78 Å². The zero-order chi connectivity index (χ0) is 31.9. The first-order valence-electron chi connectivity index (χ1n) is 15.5. The van der Waals surface area contributed by atoms with Crippen LogP contribution in [0.25, 0.3) is 28.0 Å². The first-order chi connectivity index (χ1) is 21.4. The van der Waals surface area contributed by atoms with E-state index in [1.807, 2.05) is 83.3 Å². The number of pyridine rings is 1. The van der Waals surface area contributed by atoms with Crippen molar-refractivity contribution in [1.82, 2.24) is 19.6 Å². The number of hydrogen-bond donors (Lipinski definition) is 1. The minimum atomic E-state index is -1.23. The number of ether oxygens (including phenoxy) is 3. The molecule has 6 heterocycles. The Morgan fingerprint density at radius 2 is 1.91 bits per heavy atom. The van der Waals surface area contributed by atoms with Gasteiger partial charge in [-0.05, 0) is 78.2 Å². The van der Waals surface area contributed by atoms with Crippen LogP contribution >= 0.6 is 0 Å². The van der Waals surface area contributed by atoms with Gasteiger partial charge in [0.25, 0.3) is 0 Å². The summed E-state index contributed by atoms with van der Waals surface area (Å²) in [6.07, 6.45) is 7.68. The quantitative estimate of drug-likeness (QED) is 0.262. The third-order valence-electron chi connectivity index (χ3n) is 8.38. The Bertz CT molecular complexity index is 1750. The average Bonchev–Trinajstić information content (AvgIpc) is 3.41. The van der Waals surface area contributed by atoms with Crippen LogP contribution in [0.2, 0.25) is 0 Å². The molecule has 0 spiro atoms. The lowest BCUT2D eigenvalue weighted by Crippen LogP contribution is -2.45. The Balaban J connectivity index is 1.55. The van der Waals surface area contributed by atoms with Crippen molar-refractivity contribution in [2.45, 2.75) is 77.8 Å². The molecule has 45 heavy (non-hydrogen) atoms. The maximum atomic E-state index is 12.8. The molecule has 0 amide bonds. The summed E-state index contributed by atoms with van der Waals surface area (Å²) in [4.78, 5) is 24.2. The van der Waals surface area contributed by atoms with Crippen molar-refractivity contribution in [1.29, 1.82) is 0 Å². The number of aryl methyl sites for hydroxylation is 1. The van der Waals surface area contributed by atoms with Crippen LogP contribution in [0.1, 0.15) is 64.8 Å². The second-order valence-corrected chi connectivity index (χ2v) is 13.1. The van der Waals surface area contributed by atoms with Crippen LogP contribution in [0, 0.1) is 6.92 Å². The Labute approximate surface area is 263 Å². The zero-order valence-corrected chi connectivity index (χ0v) is 26.8. The van der Waals surface area contributed by atoms with Crippen LogP contribution in [-0.2, 0) is 14.3 Å². The number of hydrogen-bond acceptors (Lipinski definition) is 8. The molecule has 4 aromatic rings. The fourth-order valence-corrected chi connectivity index (χ4v) is 6.07. The molecule has 2 atom stereocenters. The number of fused-ring (bicyclic) bond motifs is 6. The molecule has 0 unspecified atom stereocenters. The first kappa shape index (κ1) is 30.7. The second kappa shape index (κ2) is 11.9. The van der Waals surface area contributed by atoms with Crippen LogP contribution in [0.4, 0.5) is 5.82 Å². The van der Waals surface area contributed by atoms with Crippen molar-refractivity contribution in [3.05, 3.63) is 72.2 Å². The van der Waals surface area contributed by atoms with Gasteiger partial charge in [0.05, 0.1) is 29.1 Å². The first-order valence-corrected chi connectivity index (χ1v) is 15.5. The number of carbonyl (C=O) groups is 1. The van der Waals surface area contributed by atoms with Crippen molar-refractivity contribution in [2.75, 3.05) is 24.6 Å². The number of carboxylic acid groups (broad SMARTS) is 1. The summed E-state index contributed by atoms with van der Waals surface area (Å²) in [5, 5.41) is 15.5. The molecule has 1 saturated heterocycles. The van der Waals surface area contributed by atoms with E-state index in [9.17, 15) is 9.90 Å². The van der Waals surface area contributed by atoms with Gasteiger partial charge in [0.1, 0.15) is 17.7 Å². The zero-order valence-electron chi connectivity index (χ0n) is 26.8. The number of carboxylic acids is 1. The summed E-state index contributed by atoms with van der Waals surface area (Å²) < 4.78 is 20.7. The van der Waals surface area contributed by atoms with Crippen LogP contribution in [0.15, 0.2) is 60.9 Å². The fourth-order valence-electron chi connectivity index (χ4n) is 6.07. The number of piperidine rings is 1. The number of benzene rings is 1. The molecule has 3 aliphatic heterocycles. The van der Waals surface area contributed by atoms with E-state index in [1.54, 1.807) is 10.7 Å². The van der Waals surface area contributed by atoms with Crippen molar-refractivity contribution in [3.63, 3.8) is 0 Å². The van der Waals surface area contributed by atoms with E-state index < -0.39 is 17.7 Å². The summed E-state index contributed by atoms with van der Waals surface area (Å²) in [7, 11) is 0. The Morgan fingerprint density at radius 1 is 1.16 bits per heavy atom. The minimum absolute atomic E-state index is 0.171. The molecule has 0 aliphatic carbocycles. The lowest BCUT2D eigenvalue weighted by atomic mass is 9.92. The predicted molar refractivity (Wildman–Crippen MR) is 173 cm³/mol. The standard InChI is InChI=1S/C35H41N5O5/c1-22-9-8-18-43-35(6)13-16-39(17-14-35)32-30(31(33(41)42)45-34(3,4)5)23(2)37-29-20-27(38-40(29)32)25-11-7-10-24(19-25)26-21-36-15-12-28(26)44-22/h7-12,15,19-22,31H,13-14,16-18H2,1-6H3,(H,41,42)/b9-8-/t22-,31-/m0/s1. The Morgan fingerprint density at radius 3 is 2.64 bits per heavy atom. The van der Waals surface area contributed by atoms with E-state index >= 15 is 0 Å². The topological polar surface area (TPSA) is 111 Å². The molecular weight excluding hydrogens is 570 g/mol. The van der Waals surface area contributed by atoms with E-state index in [0.29, 0.717) is 42.4 Å². The largest absolute Gasteiger partial charge is 0.486 e. The van der Waals surface area contributed by atoms with Gasteiger partial charge in [-0.1, -0.05) is 24.3 Å². The molecule has 10 heteroatoms. The van der Waals surface area contributed by atoms with Gasteiger partial charge >= 0.3 is 5.97 Å². The number of rotatable bonds is 3. The molecule has 3 aliphatic rings. The monoisotopic (exact) mass is 611 g/mol. The smallest absolute Gasteiger partial charge is 0.337 e. The number of nitrogens with zero attached hydrogens (tertiary/aromatic N) is 5. The second-order valence-electron chi connectivity index (χ2n) is 13.1. The molecule has 1 aromatic carbocycles. The summed E-state index contributed by atoms with van der Waals surface area (Å²) >= 11 is 0. The van der Waals surface area contributed by atoms with Gasteiger partial charge in [0, 0.05) is 48.4 Å². The highest BCUT2D eigenvalue weighted by Crippen LogP contribution is 2.39. The van der Waals surface area contributed by atoms with E-state index in [-0.39, 0.29) is 11.7 Å². The molecule has 10 nitrogen and oxygen atoms in total. The molecule has 7 rings (SSSR count). The summed E-state index contributed by atoms with van der Waals surface area (Å²) in [5.41, 5.74) is 4.13. The molecule has 236 valence electrons. The summed E-state index contributed by atoms with van der Waals surface area (Å²) in [5.74, 6) is 0.351. The summed E-state index contributed by atoms with van der Waals surface area (Å²) in [6, 6.07) is 11.9. The van der Waals surface area contributed by atoms with E-state index in [4.69, 9.17) is 24.3 Å². The Kier molecular flexibility index (Phi) is 8.13. The predicted octanol–water partition coefficient (Wildman–Crippen LogP) is 6.42. The third kappa shape index (κ3) is 6.43. The number of anilines is 1. The van der Waals surface area contributed by atoms with Crippen molar-refractivity contribution < 1.29 is 24.1 Å². The lowest BCUT2D eigenvalue weighted by Gasteiger charge is -2.41. The highest BCUT2D eigenvalue weighted by molar-refractivity contribution is 5.80. The SMILES string of the molecule is Cc1nc2cc3nn2c(c1[C@H](OC(C)(C)C)C(=O)O)N1CCC(C)(CC1)OC/C=C\[C@H](C)Oc1ccncc1-c1cccc-3c1. The number of aliphatic carboxylic acids is 1. The highest BCUT2D eigenvalue weighted by atomic mass is 16.5. The third-order valence-corrected chi connectivity index (χ3v) is 8.38. The van der Waals surface area contributed by atoms with Crippen LogP contribution in [0.5, 0.6) is 5.75 Å². The van der Waals surface area contributed by atoms with Crippen molar-refractivity contribution >= 4 is 17.4 Å². The van der Waals surface area contributed by atoms with E-state index in [1.165, 1.54) is 0 Å². The van der Waals surface area contributed by atoms with Gasteiger partial charge in [-0.3, -0.25) is 4.98 Å². The molecule has 1 N–H and O–H groups in total. The molecule has 0 saturated carbocycles. The highest BCUT2D eigenvalue weighted by Gasteiger charge is 2.37. The minimum Gasteiger partial charge on any atom is -0.486 e. The number of aromatic nitrogens is 4. The van der Waals surface area contributed by atoms with E-state index in [0.717, 1.165) is 41.0 Å². The Hall–Kier alpha value is -4.28. The van der Waals surface area contributed by atoms with Crippen LogP contribution < -0.4 is 9.64 Å². The van der Waals surface area contributed by atoms with Gasteiger partial charge < -0.3 is 24.2 Å². The maximum Gasteiger partial charge on any atom is 0.337 e. The maximum absolute atomic E-state index is 12.8. The molecule has 6 bridgehead atoms. The van der Waals surface area contributed by atoms with E-state index in [2.05, 4.69) is 22.9 Å². The molecule has 3 aromatic heterocycles. The van der Waals surface area contributed by atoms with Crippen LogP contribution in [0.3, 0.4) is 0 Å². The van der Waals surface area contributed by atoms with Crippen LogP contribution in [-0.4, -0.2) is 67.7 Å². The fraction of sp³-hybridized carbons (Fsp3) is 0.429. The van der Waals surface area contributed by atoms with Gasteiger partial charge in [0.15, 0.2) is 11.8 Å². The normalized spacial score (nSPS) is 21.8. The van der Waals surface area contributed by atoms with Gasteiger partial charge in [-0.2, -0.15) is 9.61 Å². The average molecular weight is 612 g/mol. The molecular formula is C35H41N5O5. The van der Waals surface area contributed by atoms with Crippen molar-refractivity contribution in [2.24, 2.45) is 0 Å². The van der Waals surface area contributed by atoms with Crippen molar-refractivity contribution in [3.8, 4) is 28.1 Å². The van der Waals surface area contributed by atoms with Gasteiger partial charge in [-0.15, -0.1) is 0 Å². The van der Waals surface area contributed by atoms with Gasteiger partial charge in [0.2, 0.25) is 0 Å². The molecule has 1 fully saturated rings.